The Bertz CT molecular complexity index is 468. The topological polar surface area (TPSA) is 59.5 Å². The Morgan fingerprint density at radius 2 is 2.12 bits per heavy atom. The van der Waals surface area contributed by atoms with Crippen molar-refractivity contribution in [2.45, 2.75) is 32.2 Å². The molecule has 1 amide bonds. The zero-order valence-electron chi connectivity index (χ0n) is 10.3. The van der Waals surface area contributed by atoms with Crippen molar-refractivity contribution in [1.82, 2.24) is 4.90 Å². The predicted molar refractivity (Wildman–Crippen MR) is 63.7 cm³/mol. The standard InChI is InChI=1S/C13H18N2O2/c1-8-5-11(9(2)17-8)12(16)15-6-13(14,7-15)10-3-4-10/h5,10H,3-4,6-7,14H2,1-2H3. The molecule has 0 bridgehead atoms. The van der Waals surface area contributed by atoms with Crippen molar-refractivity contribution in [2.75, 3.05) is 13.1 Å². The summed E-state index contributed by atoms with van der Waals surface area (Å²) in [4.78, 5) is 14.0. The number of furan rings is 1. The number of amides is 1. The molecule has 92 valence electrons. The van der Waals surface area contributed by atoms with E-state index in [0.717, 1.165) is 5.76 Å². The molecule has 0 aromatic carbocycles. The van der Waals surface area contributed by atoms with Crippen molar-refractivity contribution in [3.05, 3.63) is 23.2 Å². The third-order valence-electron chi connectivity index (χ3n) is 3.92. The summed E-state index contributed by atoms with van der Waals surface area (Å²) >= 11 is 0. The van der Waals surface area contributed by atoms with Crippen LogP contribution in [0.1, 0.15) is 34.7 Å². The van der Waals surface area contributed by atoms with Crippen LogP contribution in [0.5, 0.6) is 0 Å². The molecule has 0 unspecified atom stereocenters. The van der Waals surface area contributed by atoms with Gasteiger partial charge in [-0.3, -0.25) is 4.79 Å². The fraction of sp³-hybridized carbons (Fsp3) is 0.615. The monoisotopic (exact) mass is 234 g/mol. The molecular formula is C13H18N2O2. The fourth-order valence-corrected chi connectivity index (χ4v) is 2.74. The van der Waals surface area contributed by atoms with Gasteiger partial charge in [-0.1, -0.05) is 0 Å². The van der Waals surface area contributed by atoms with Crippen LogP contribution in [0.15, 0.2) is 10.5 Å². The molecule has 1 aliphatic heterocycles. The number of nitrogens with two attached hydrogens (primary N) is 1. The molecule has 0 spiro atoms. The van der Waals surface area contributed by atoms with Crippen LogP contribution in [-0.2, 0) is 0 Å². The predicted octanol–water partition coefficient (Wildman–Crippen LogP) is 1.46. The van der Waals surface area contributed by atoms with Crippen molar-refractivity contribution < 1.29 is 9.21 Å². The van der Waals surface area contributed by atoms with E-state index in [0.29, 0.717) is 30.3 Å². The molecule has 1 aliphatic carbocycles. The van der Waals surface area contributed by atoms with Crippen molar-refractivity contribution in [1.29, 1.82) is 0 Å². The molecule has 1 saturated carbocycles. The first-order valence-corrected chi connectivity index (χ1v) is 6.15. The smallest absolute Gasteiger partial charge is 0.257 e. The van der Waals surface area contributed by atoms with E-state index in [1.807, 2.05) is 24.8 Å². The molecule has 4 heteroatoms. The van der Waals surface area contributed by atoms with E-state index in [2.05, 4.69) is 0 Å². The van der Waals surface area contributed by atoms with E-state index in [4.69, 9.17) is 10.2 Å². The maximum absolute atomic E-state index is 12.2. The van der Waals surface area contributed by atoms with Gasteiger partial charge < -0.3 is 15.1 Å². The van der Waals surface area contributed by atoms with Gasteiger partial charge in [-0.2, -0.15) is 0 Å². The second-order valence-electron chi connectivity index (χ2n) is 5.50. The molecular weight excluding hydrogens is 216 g/mol. The highest BCUT2D eigenvalue weighted by Crippen LogP contribution is 2.43. The molecule has 2 heterocycles. The van der Waals surface area contributed by atoms with Gasteiger partial charge in [0.2, 0.25) is 0 Å². The number of carbonyl (C=O) groups excluding carboxylic acids is 1. The van der Waals surface area contributed by atoms with Crippen LogP contribution in [0.4, 0.5) is 0 Å². The molecule has 2 N–H and O–H groups in total. The van der Waals surface area contributed by atoms with E-state index >= 15 is 0 Å². The van der Waals surface area contributed by atoms with Crippen LogP contribution in [0, 0.1) is 19.8 Å². The second kappa shape index (κ2) is 3.35. The number of nitrogens with zero attached hydrogens (tertiary/aromatic N) is 1. The normalized spacial score (nSPS) is 22.4. The molecule has 2 aliphatic rings. The molecule has 4 nitrogen and oxygen atoms in total. The van der Waals surface area contributed by atoms with Gasteiger partial charge in [-0.15, -0.1) is 0 Å². The van der Waals surface area contributed by atoms with E-state index in [9.17, 15) is 4.79 Å². The Morgan fingerprint density at radius 1 is 1.47 bits per heavy atom. The Kier molecular flexibility index (Phi) is 2.14. The third kappa shape index (κ3) is 1.67. The summed E-state index contributed by atoms with van der Waals surface area (Å²) in [5.41, 5.74) is 6.81. The fourth-order valence-electron chi connectivity index (χ4n) is 2.74. The Labute approximate surface area is 101 Å². The summed E-state index contributed by atoms with van der Waals surface area (Å²) in [6.07, 6.45) is 2.45. The highest BCUT2D eigenvalue weighted by Gasteiger charge is 2.51. The van der Waals surface area contributed by atoms with Gasteiger partial charge in [0.05, 0.1) is 11.1 Å². The zero-order valence-corrected chi connectivity index (χ0v) is 10.3. The minimum atomic E-state index is -0.109. The lowest BCUT2D eigenvalue weighted by atomic mass is 9.85. The number of hydrogen-bond donors (Lipinski definition) is 1. The quantitative estimate of drug-likeness (QED) is 0.842. The van der Waals surface area contributed by atoms with Gasteiger partial charge in [-0.05, 0) is 38.7 Å². The molecule has 0 atom stereocenters. The number of hydrogen-bond acceptors (Lipinski definition) is 3. The van der Waals surface area contributed by atoms with Gasteiger partial charge in [0.25, 0.3) is 5.91 Å². The molecule has 17 heavy (non-hydrogen) atoms. The van der Waals surface area contributed by atoms with E-state index < -0.39 is 0 Å². The highest BCUT2D eigenvalue weighted by atomic mass is 16.3. The average molecular weight is 234 g/mol. The lowest BCUT2D eigenvalue weighted by Gasteiger charge is -2.48. The highest BCUT2D eigenvalue weighted by molar-refractivity contribution is 5.96. The van der Waals surface area contributed by atoms with E-state index in [1.165, 1.54) is 12.8 Å². The molecule has 3 rings (SSSR count). The molecule has 0 radical (unpaired) electrons. The van der Waals surface area contributed by atoms with E-state index in [1.54, 1.807) is 0 Å². The van der Waals surface area contributed by atoms with Crippen molar-refractivity contribution in [3.63, 3.8) is 0 Å². The average Bonchev–Trinajstić information content (AvgIpc) is 3.00. The summed E-state index contributed by atoms with van der Waals surface area (Å²) in [7, 11) is 0. The first-order valence-electron chi connectivity index (χ1n) is 6.15. The first kappa shape index (κ1) is 10.8. The van der Waals surface area contributed by atoms with Crippen molar-refractivity contribution in [3.8, 4) is 0 Å². The molecule has 1 aromatic heterocycles. The van der Waals surface area contributed by atoms with E-state index in [-0.39, 0.29) is 11.4 Å². The second-order valence-corrected chi connectivity index (χ2v) is 5.50. The van der Waals surface area contributed by atoms with Crippen molar-refractivity contribution in [2.24, 2.45) is 11.7 Å². The summed E-state index contributed by atoms with van der Waals surface area (Å²) < 4.78 is 5.39. The summed E-state index contributed by atoms with van der Waals surface area (Å²) in [6, 6.07) is 1.81. The van der Waals surface area contributed by atoms with Gasteiger partial charge in [0.15, 0.2) is 0 Å². The Balaban J connectivity index is 1.71. The van der Waals surface area contributed by atoms with Crippen LogP contribution < -0.4 is 5.73 Å². The molecule has 1 saturated heterocycles. The van der Waals surface area contributed by atoms with Gasteiger partial charge in [0, 0.05) is 13.1 Å². The number of likely N-dealkylation sites (tertiary alicyclic amines) is 1. The first-order chi connectivity index (χ1) is 7.99. The molecule has 2 fully saturated rings. The zero-order chi connectivity index (χ0) is 12.2. The van der Waals surface area contributed by atoms with Crippen LogP contribution in [-0.4, -0.2) is 29.4 Å². The van der Waals surface area contributed by atoms with Crippen LogP contribution in [0.2, 0.25) is 0 Å². The van der Waals surface area contributed by atoms with Gasteiger partial charge >= 0.3 is 0 Å². The Hall–Kier alpha value is -1.29. The number of aryl methyl sites for hydroxylation is 2. The SMILES string of the molecule is Cc1cc(C(=O)N2CC(N)(C3CC3)C2)c(C)o1. The minimum Gasteiger partial charge on any atom is -0.466 e. The lowest BCUT2D eigenvalue weighted by Crippen LogP contribution is -2.69. The minimum absolute atomic E-state index is 0.0566. The van der Waals surface area contributed by atoms with Crippen LogP contribution >= 0.6 is 0 Å². The maximum Gasteiger partial charge on any atom is 0.257 e. The third-order valence-corrected chi connectivity index (χ3v) is 3.92. The van der Waals surface area contributed by atoms with Crippen LogP contribution in [0.25, 0.3) is 0 Å². The van der Waals surface area contributed by atoms with Crippen LogP contribution in [0.3, 0.4) is 0 Å². The summed E-state index contributed by atoms with van der Waals surface area (Å²) in [5, 5.41) is 0. The lowest BCUT2D eigenvalue weighted by molar-refractivity contribution is 0.0349. The largest absolute Gasteiger partial charge is 0.466 e. The van der Waals surface area contributed by atoms with Gasteiger partial charge in [-0.25, -0.2) is 0 Å². The van der Waals surface area contributed by atoms with Gasteiger partial charge in [0.1, 0.15) is 11.5 Å². The van der Waals surface area contributed by atoms with Crippen molar-refractivity contribution >= 4 is 5.91 Å². The number of rotatable bonds is 2. The number of carbonyl (C=O) groups is 1. The Morgan fingerprint density at radius 3 is 2.59 bits per heavy atom. The summed E-state index contributed by atoms with van der Waals surface area (Å²) in [5.74, 6) is 2.18. The maximum atomic E-state index is 12.2. The summed E-state index contributed by atoms with van der Waals surface area (Å²) in [6.45, 7) is 5.08. The molecule has 1 aromatic rings.